The van der Waals surface area contributed by atoms with Crippen molar-refractivity contribution in [3.8, 4) is 0 Å². The maximum atomic E-state index is 11.8. The van der Waals surface area contributed by atoms with Gasteiger partial charge in [-0.05, 0) is 56.8 Å². The second-order valence-electron chi connectivity index (χ2n) is 6.35. The molecule has 3 fully saturated rings. The van der Waals surface area contributed by atoms with E-state index in [1.807, 2.05) is 6.92 Å². The molecule has 2 amide bonds. The zero-order chi connectivity index (χ0) is 12.7. The molecule has 100 valence electrons. The Balaban J connectivity index is 1.49. The molecule has 3 rings (SSSR count). The summed E-state index contributed by atoms with van der Waals surface area (Å²) in [6, 6.07) is 0.388. The largest absolute Gasteiger partial charge is 0.345 e. The molecule has 3 saturated carbocycles. The van der Waals surface area contributed by atoms with Crippen molar-refractivity contribution in [1.82, 2.24) is 10.6 Å². The van der Waals surface area contributed by atoms with E-state index in [0.29, 0.717) is 5.92 Å². The maximum Gasteiger partial charge on any atom is 0.309 e. The number of nitrogens with one attached hydrogen (secondary N) is 2. The van der Waals surface area contributed by atoms with Crippen LogP contribution in [0.1, 0.15) is 45.4 Å². The Bertz CT molecular complexity index is 365. The van der Waals surface area contributed by atoms with E-state index in [1.54, 1.807) is 0 Å². The van der Waals surface area contributed by atoms with Gasteiger partial charge in [0.25, 0.3) is 0 Å². The SMILES string of the molecule is CC(NC(=O)C(=O)NC1CC1)C1CC2CCC1C2. The molecule has 3 aliphatic rings. The zero-order valence-electron chi connectivity index (χ0n) is 10.9. The molecule has 3 aliphatic carbocycles. The summed E-state index contributed by atoms with van der Waals surface area (Å²) >= 11 is 0. The lowest BCUT2D eigenvalue weighted by Crippen LogP contribution is -2.47. The normalized spacial score (nSPS) is 35.3. The summed E-state index contributed by atoms with van der Waals surface area (Å²) in [5.41, 5.74) is 0. The van der Waals surface area contributed by atoms with Crippen molar-refractivity contribution in [1.29, 1.82) is 0 Å². The average molecular weight is 250 g/mol. The Morgan fingerprint density at radius 3 is 2.39 bits per heavy atom. The molecule has 0 saturated heterocycles. The highest BCUT2D eigenvalue weighted by Crippen LogP contribution is 2.49. The van der Waals surface area contributed by atoms with Crippen LogP contribution in [0.15, 0.2) is 0 Å². The van der Waals surface area contributed by atoms with Crippen LogP contribution < -0.4 is 10.6 Å². The topological polar surface area (TPSA) is 58.2 Å². The highest BCUT2D eigenvalue weighted by atomic mass is 16.2. The third kappa shape index (κ3) is 2.38. The standard InChI is InChI=1S/C14H22N2O2/c1-8(12-7-9-2-3-10(12)6-9)15-13(17)14(18)16-11-4-5-11/h8-12H,2-7H2,1H3,(H,15,17)(H,16,18). The Kier molecular flexibility index (Phi) is 3.04. The van der Waals surface area contributed by atoms with Crippen molar-refractivity contribution in [3.63, 3.8) is 0 Å². The zero-order valence-corrected chi connectivity index (χ0v) is 10.9. The molecule has 4 atom stereocenters. The molecule has 18 heavy (non-hydrogen) atoms. The van der Waals surface area contributed by atoms with Gasteiger partial charge in [-0.2, -0.15) is 0 Å². The highest BCUT2D eigenvalue weighted by molar-refractivity contribution is 6.35. The second-order valence-corrected chi connectivity index (χ2v) is 6.35. The van der Waals surface area contributed by atoms with Crippen molar-refractivity contribution in [3.05, 3.63) is 0 Å². The van der Waals surface area contributed by atoms with E-state index in [9.17, 15) is 9.59 Å². The molecule has 0 spiro atoms. The Hall–Kier alpha value is -1.06. The molecule has 4 unspecified atom stereocenters. The summed E-state index contributed by atoms with van der Waals surface area (Å²) < 4.78 is 0. The van der Waals surface area contributed by atoms with E-state index in [2.05, 4.69) is 10.6 Å². The van der Waals surface area contributed by atoms with Crippen LogP contribution in [0.3, 0.4) is 0 Å². The minimum absolute atomic E-state index is 0.137. The van der Waals surface area contributed by atoms with E-state index in [-0.39, 0.29) is 12.1 Å². The third-order valence-corrected chi connectivity index (χ3v) is 4.91. The van der Waals surface area contributed by atoms with Crippen molar-refractivity contribution in [2.24, 2.45) is 17.8 Å². The molecule has 0 aromatic carbocycles. The van der Waals surface area contributed by atoms with Crippen molar-refractivity contribution in [2.75, 3.05) is 0 Å². The quantitative estimate of drug-likeness (QED) is 0.740. The number of amides is 2. The summed E-state index contributed by atoms with van der Waals surface area (Å²) in [5.74, 6) is 1.34. The number of rotatable bonds is 3. The number of carbonyl (C=O) groups is 2. The van der Waals surface area contributed by atoms with E-state index in [1.165, 1.54) is 25.7 Å². The minimum Gasteiger partial charge on any atom is -0.345 e. The molecule has 4 nitrogen and oxygen atoms in total. The summed E-state index contributed by atoms with van der Waals surface area (Å²) in [4.78, 5) is 23.3. The first-order valence-electron chi connectivity index (χ1n) is 7.25. The van der Waals surface area contributed by atoms with Gasteiger partial charge in [-0.1, -0.05) is 6.42 Å². The molecular formula is C14H22N2O2. The molecule has 0 heterocycles. The van der Waals surface area contributed by atoms with Gasteiger partial charge >= 0.3 is 11.8 Å². The van der Waals surface area contributed by atoms with Gasteiger partial charge in [-0.3, -0.25) is 9.59 Å². The van der Waals surface area contributed by atoms with E-state index < -0.39 is 11.8 Å². The van der Waals surface area contributed by atoms with E-state index >= 15 is 0 Å². The van der Waals surface area contributed by atoms with Gasteiger partial charge in [0.1, 0.15) is 0 Å². The number of carbonyl (C=O) groups excluding carboxylic acids is 2. The van der Waals surface area contributed by atoms with Gasteiger partial charge in [0.2, 0.25) is 0 Å². The lowest BCUT2D eigenvalue weighted by molar-refractivity contribution is -0.139. The summed E-state index contributed by atoms with van der Waals surface area (Å²) in [6.45, 7) is 2.05. The maximum absolute atomic E-state index is 11.8. The predicted octanol–water partition coefficient (Wildman–Crippen LogP) is 1.21. The molecule has 2 N–H and O–H groups in total. The Morgan fingerprint density at radius 2 is 1.83 bits per heavy atom. The van der Waals surface area contributed by atoms with Crippen LogP contribution in [-0.4, -0.2) is 23.9 Å². The van der Waals surface area contributed by atoms with Crippen LogP contribution >= 0.6 is 0 Å². The molecule has 0 aliphatic heterocycles. The summed E-state index contributed by atoms with van der Waals surface area (Å²) in [5, 5.41) is 5.62. The smallest absolute Gasteiger partial charge is 0.309 e. The minimum atomic E-state index is -0.451. The van der Waals surface area contributed by atoms with Gasteiger partial charge in [0, 0.05) is 12.1 Å². The van der Waals surface area contributed by atoms with Gasteiger partial charge in [-0.25, -0.2) is 0 Å². The number of fused-ring (bicyclic) bond motifs is 2. The van der Waals surface area contributed by atoms with Gasteiger partial charge in [0.15, 0.2) is 0 Å². The Labute approximate surface area is 108 Å². The molecule has 4 heteroatoms. The third-order valence-electron chi connectivity index (χ3n) is 4.91. The Morgan fingerprint density at radius 1 is 1.06 bits per heavy atom. The van der Waals surface area contributed by atoms with Gasteiger partial charge in [0.05, 0.1) is 0 Å². The highest BCUT2D eigenvalue weighted by Gasteiger charge is 2.42. The van der Waals surface area contributed by atoms with Crippen molar-refractivity contribution >= 4 is 11.8 Å². The average Bonchev–Trinajstić information content (AvgIpc) is 2.91. The second kappa shape index (κ2) is 4.56. The molecule has 0 radical (unpaired) electrons. The molecule has 0 aromatic heterocycles. The van der Waals surface area contributed by atoms with Crippen LogP contribution in [0, 0.1) is 17.8 Å². The summed E-state index contributed by atoms with van der Waals surface area (Å²) in [6.07, 6.45) is 7.27. The van der Waals surface area contributed by atoms with E-state index in [0.717, 1.165) is 24.7 Å². The van der Waals surface area contributed by atoms with Crippen LogP contribution in [0.2, 0.25) is 0 Å². The first kappa shape index (κ1) is 12.0. The number of hydrogen-bond donors (Lipinski definition) is 2. The molecule has 0 aromatic rings. The van der Waals surface area contributed by atoms with Crippen molar-refractivity contribution in [2.45, 2.75) is 57.5 Å². The fraction of sp³-hybridized carbons (Fsp3) is 0.857. The molecule has 2 bridgehead atoms. The van der Waals surface area contributed by atoms with Crippen molar-refractivity contribution < 1.29 is 9.59 Å². The summed E-state index contributed by atoms with van der Waals surface area (Å²) in [7, 11) is 0. The first-order chi connectivity index (χ1) is 8.63. The first-order valence-corrected chi connectivity index (χ1v) is 7.25. The lowest BCUT2D eigenvalue weighted by Gasteiger charge is -2.28. The van der Waals surface area contributed by atoms with Crippen LogP contribution in [-0.2, 0) is 9.59 Å². The fourth-order valence-electron chi connectivity index (χ4n) is 3.76. The predicted molar refractivity (Wildman–Crippen MR) is 67.7 cm³/mol. The van der Waals surface area contributed by atoms with Crippen LogP contribution in [0.25, 0.3) is 0 Å². The monoisotopic (exact) mass is 250 g/mol. The molecular weight excluding hydrogens is 228 g/mol. The van der Waals surface area contributed by atoms with Crippen LogP contribution in [0.4, 0.5) is 0 Å². The lowest BCUT2D eigenvalue weighted by atomic mass is 9.84. The van der Waals surface area contributed by atoms with Crippen LogP contribution in [0.5, 0.6) is 0 Å². The van der Waals surface area contributed by atoms with Gasteiger partial charge in [-0.15, -0.1) is 0 Å². The fourth-order valence-corrected chi connectivity index (χ4v) is 3.76. The number of hydrogen-bond acceptors (Lipinski definition) is 2. The van der Waals surface area contributed by atoms with E-state index in [4.69, 9.17) is 0 Å². The van der Waals surface area contributed by atoms with Gasteiger partial charge < -0.3 is 10.6 Å².